The highest BCUT2D eigenvalue weighted by molar-refractivity contribution is 6.07. The Labute approximate surface area is 158 Å². The van der Waals surface area contributed by atoms with Crippen LogP contribution in [0, 0.1) is 11.3 Å². The number of nitrogens with zero attached hydrogens (tertiary/aromatic N) is 1. The van der Waals surface area contributed by atoms with E-state index in [2.05, 4.69) is 10.6 Å². The number of rotatable bonds is 6. The molecule has 0 bridgehead atoms. The van der Waals surface area contributed by atoms with Crippen LogP contribution >= 0.6 is 0 Å². The number of anilines is 2. The zero-order valence-corrected chi connectivity index (χ0v) is 15.4. The van der Waals surface area contributed by atoms with Crippen LogP contribution in [0.5, 0.6) is 0 Å². The molecule has 0 fully saturated rings. The first-order valence-electron chi connectivity index (χ1n) is 8.68. The second-order valence-corrected chi connectivity index (χ2v) is 5.88. The molecule has 27 heavy (non-hydrogen) atoms. The predicted molar refractivity (Wildman–Crippen MR) is 106 cm³/mol. The molecule has 0 aliphatic carbocycles. The predicted octanol–water partition coefficient (Wildman–Crippen LogP) is 3.17. The molecule has 0 aliphatic rings. The third-order valence-corrected chi connectivity index (χ3v) is 4.12. The van der Waals surface area contributed by atoms with Gasteiger partial charge in [-0.05, 0) is 48.2 Å². The van der Waals surface area contributed by atoms with Gasteiger partial charge in [-0.25, -0.2) is 0 Å². The van der Waals surface area contributed by atoms with Crippen LogP contribution < -0.4 is 16.4 Å². The van der Waals surface area contributed by atoms with E-state index in [9.17, 15) is 14.9 Å². The summed E-state index contributed by atoms with van der Waals surface area (Å²) < 4.78 is 0. The molecule has 2 amide bonds. The Hall–Kier alpha value is -3.59. The van der Waals surface area contributed by atoms with Crippen LogP contribution in [-0.4, -0.2) is 11.8 Å². The lowest BCUT2D eigenvalue weighted by atomic mass is 10.0. The number of nitrogen functional groups attached to an aromatic ring is 1. The summed E-state index contributed by atoms with van der Waals surface area (Å²) in [6.07, 6.45) is 2.63. The second kappa shape index (κ2) is 9.20. The van der Waals surface area contributed by atoms with E-state index >= 15 is 0 Å². The highest BCUT2D eigenvalue weighted by Crippen LogP contribution is 2.23. The van der Waals surface area contributed by atoms with Gasteiger partial charge >= 0.3 is 0 Å². The van der Waals surface area contributed by atoms with Gasteiger partial charge in [0.25, 0.3) is 11.8 Å². The first-order chi connectivity index (χ1) is 13.0. The number of hydrogen-bond donors (Lipinski definition) is 3. The molecule has 0 saturated carbocycles. The van der Waals surface area contributed by atoms with Crippen LogP contribution in [-0.2, 0) is 17.6 Å². The number of benzene rings is 2. The summed E-state index contributed by atoms with van der Waals surface area (Å²) in [5.41, 5.74) is 9.03. The van der Waals surface area contributed by atoms with Crippen molar-refractivity contribution < 1.29 is 9.59 Å². The third-order valence-electron chi connectivity index (χ3n) is 4.12. The van der Waals surface area contributed by atoms with Crippen LogP contribution in [0.15, 0.2) is 54.2 Å². The average molecular weight is 362 g/mol. The molecule has 138 valence electrons. The van der Waals surface area contributed by atoms with Crippen molar-refractivity contribution in [2.75, 3.05) is 11.1 Å². The highest BCUT2D eigenvalue weighted by Gasteiger charge is 2.14. The minimum atomic E-state index is -0.564. The Balaban J connectivity index is 2.17. The van der Waals surface area contributed by atoms with Crippen molar-refractivity contribution in [3.8, 4) is 6.07 Å². The third kappa shape index (κ3) is 4.95. The van der Waals surface area contributed by atoms with E-state index in [4.69, 9.17) is 5.73 Å². The molecule has 0 spiro atoms. The fraction of sp³-hybridized carbons (Fsp3) is 0.190. The largest absolute Gasteiger partial charge is 0.399 e. The van der Waals surface area contributed by atoms with E-state index in [1.165, 1.54) is 0 Å². The number of carbonyl (C=O) groups is 2. The molecule has 0 unspecified atom stereocenters. The SMILES string of the molecule is CCc1cccc(CC)c1NC(=O)/C(C#N)=C\NC(=O)c1ccc(N)cc1. The first-order valence-corrected chi connectivity index (χ1v) is 8.68. The van der Waals surface area contributed by atoms with E-state index in [0.717, 1.165) is 35.9 Å². The van der Waals surface area contributed by atoms with Crippen LogP contribution in [0.3, 0.4) is 0 Å². The molecule has 0 heterocycles. The molecule has 0 aliphatic heterocycles. The summed E-state index contributed by atoms with van der Waals surface area (Å²) in [6, 6.07) is 14.0. The number of aryl methyl sites for hydroxylation is 2. The number of amides is 2. The smallest absolute Gasteiger partial charge is 0.267 e. The molecule has 0 atom stereocenters. The molecule has 6 nitrogen and oxygen atoms in total. The maximum atomic E-state index is 12.5. The number of nitrogens with two attached hydrogens (primary N) is 1. The normalized spacial score (nSPS) is 10.8. The maximum absolute atomic E-state index is 12.5. The van der Waals surface area contributed by atoms with Gasteiger partial charge in [0.2, 0.25) is 0 Å². The number of nitriles is 1. The van der Waals surface area contributed by atoms with Gasteiger partial charge in [-0.1, -0.05) is 32.0 Å². The fourth-order valence-corrected chi connectivity index (χ4v) is 2.59. The van der Waals surface area contributed by atoms with Crippen molar-refractivity contribution in [1.29, 1.82) is 5.26 Å². The van der Waals surface area contributed by atoms with Gasteiger partial charge in [-0.2, -0.15) is 5.26 Å². The van der Waals surface area contributed by atoms with Crippen LogP contribution in [0.4, 0.5) is 11.4 Å². The lowest BCUT2D eigenvalue weighted by Crippen LogP contribution is -2.22. The molecule has 2 aromatic rings. The van der Waals surface area contributed by atoms with Gasteiger partial charge in [0, 0.05) is 23.1 Å². The van der Waals surface area contributed by atoms with E-state index in [-0.39, 0.29) is 5.57 Å². The Morgan fingerprint density at radius 1 is 1.07 bits per heavy atom. The minimum Gasteiger partial charge on any atom is -0.399 e. The van der Waals surface area contributed by atoms with E-state index in [1.807, 2.05) is 38.1 Å². The van der Waals surface area contributed by atoms with Crippen molar-refractivity contribution >= 4 is 23.2 Å². The molecular weight excluding hydrogens is 340 g/mol. The Morgan fingerprint density at radius 3 is 2.19 bits per heavy atom. The highest BCUT2D eigenvalue weighted by atomic mass is 16.2. The first kappa shape index (κ1) is 19.7. The number of nitrogens with one attached hydrogen (secondary N) is 2. The number of hydrogen-bond acceptors (Lipinski definition) is 4. The fourth-order valence-electron chi connectivity index (χ4n) is 2.59. The lowest BCUT2D eigenvalue weighted by molar-refractivity contribution is -0.112. The summed E-state index contributed by atoms with van der Waals surface area (Å²) in [5, 5.41) is 14.6. The molecular formula is C21H22N4O2. The van der Waals surface area contributed by atoms with Crippen LogP contribution in [0.1, 0.15) is 35.3 Å². The van der Waals surface area contributed by atoms with Crippen LogP contribution in [0.2, 0.25) is 0 Å². The second-order valence-electron chi connectivity index (χ2n) is 5.88. The zero-order chi connectivity index (χ0) is 19.8. The monoisotopic (exact) mass is 362 g/mol. The molecule has 0 aromatic heterocycles. The van der Waals surface area contributed by atoms with Gasteiger partial charge < -0.3 is 16.4 Å². The Kier molecular flexibility index (Phi) is 6.73. The molecule has 0 radical (unpaired) electrons. The maximum Gasteiger partial charge on any atom is 0.267 e. The van der Waals surface area contributed by atoms with Crippen molar-refractivity contribution in [2.45, 2.75) is 26.7 Å². The van der Waals surface area contributed by atoms with E-state index in [1.54, 1.807) is 24.3 Å². The van der Waals surface area contributed by atoms with Crippen molar-refractivity contribution in [1.82, 2.24) is 5.32 Å². The van der Waals surface area contributed by atoms with Gasteiger partial charge in [0.05, 0.1) is 0 Å². The van der Waals surface area contributed by atoms with Gasteiger partial charge in [0.15, 0.2) is 0 Å². The topological polar surface area (TPSA) is 108 Å². The van der Waals surface area contributed by atoms with Gasteiger partial charge in [-0.15, -0.1) is 0 Å². The number of para-hydroxylation sites is 1. The van der Waals surface area contributed by atoms with Crippen molar-refractivity contribution in [2.24, 2.45) is 0 Å². The molecule has 0 saturated heterocycles. The number of carbonyl (C=O) groups excluding carboxylic acids is 2. The summed E-state index contributed by atoms with van der Waals surface area (Å²) >= 11 is 0. The molecule has 4 N–H and O–H groups in total. The molecule has 2 rings (SSSR count). The summed E-state index contributed by atoms with van der Waals surface area (Å²) in [6.45, 7) is 4.00. The Bertz CT molecular complexity index is 887. The van der Waals surface area contributed by atoms with Crippen molar-refractivity contribution in [3.63, 3.8) is 0 Å². The molecule has 2 aromatic carbocycles. The van der Waals surface area contributed by atoms with E-state index < -0.39 is 11.8 Å². The quantitative estimate of drug-likeness (QED) is 0.417. The minimum absolute atomic E-state index is 0.188. The van der Waals surface area contributed by atoms with Gasteiger partial charge in [0.1, 0.15) is 11.6 Å². The van der Waals surface area contributed by atoms with Gasteiger partial charge in [-0.3, -0.25) is 9.59 Å². The Morgan fingerprint density at radius 2 is 1.67 bits per heavy atom. The zero-order valence-electron chi connectivity index (χ0n) is 15.4. The standard InChI is InChI=1S/C21H22N4O2/c1-3-14-6-5-7-15(4-2)19(14)25-21(27)17(12-22)13-24-20(26)16-8-10-18(23)11-9-16/h5-11,13H,3-4,23H2,1-2H3,(H,24,26)(H,25,27)/b17-13-. The summed E-state index contributed by atoms with van der Waals surface area (Å²) in [4.78, 5) is 24.6. The molecule has 6 heteroatoms. The summed E-state index contributed by atoms with van der Waals surface area (Å²) in [5.74, 6) is -0.996. The average Bonchev–Trinajstić information content (AvgIpc) is 2.68. The van der Waals surface area contributed by atoms with Crippen LogP contribution in [0.25, 0.3) is 0 Å². The lowest BCUT2D eigenvalue weighted by Gasteiger charge is -2.14. The van der Waals surface area contributed by atoms with E-state index in [0.29, 0.717) is 11.3 Å². The summed E-state index contributed by atoms with van der Waals surface area (Å²) in [7, 11) is 0. The van der Waals surface area contributed by atoms with Crippen molar-refractivity contribution in [3.05, 3.63) is 70.9 Å².